The molecule has 0 spiro atoms. The van der Waals surface area contributed by atoms with E-state index in [0.29, 0.717) is 6.54 Å². The summed E-state index contributed by atoms with van der Waals surface area (Å²) in [6.07, 6.45) is 2.07. The lowest BCUT2D eigenvalue weighted by molar-refractivity contribution is 0.503. The Balaban J connectivity index is 2.58. The third-order valence-electron chi connectivity index (χ3n) is 3.13. The molecule has 20 heavy (non-hydrogen) atoms. The van der Waals surface area contributed by atoms with Crippen LogP contribution in [-0.2, 0) is 5.41 Å². The molecule has 2 N–H and O–H groups in total. The number of nitrogens with one attached hydrogen (secondary N) is 2. The number of nitrogens with zero attached hydrogens (tertiary/aromatic N) is 1. The highest BCUT2D eigenvalue weighted by atomic mass is 32.2. The van der Waals surface area contributed by atoms with Crippen LogP contribution in [0.15, 0.2) is 29.3 Å². The Morgan fingerprint density at radius 1 is 1.35 bits per heavy atom. The molecule has 1 rings (SSSR count). The van der Waals surface area contributed by atoms with Crippen molar-refractivity contribution in [1.29, 1.82) is 0 Å². The van der Waals surface area contributed by atoms with Gasteiger partial charge in [-0.25, -0.2) is 4.39 Å². The van der Waals surface area contributed by atoms with Gasteiger partial charge in [0, 0.05) is 31.3 Å². The average molecular weight is 297 g/mol. The number of aliphatic imine (C=N–C) groups is 1. The summed E-state index contributed by atoms with van der Waals surface area (Å²) in [5, 5.41) is 6.54. The van der Waals surface area contributed by atoms with Gasteiger partial charge in [-0.1, -0.05) is 26.0 Å². The van der Waals surface area contributed by atoms with Crippen LogP contribution in [-0.4, -0.2) is 38.1 Å². The molecular weight excluding hydrogens is 273 g/mol. The highest BCUT2D eigenvalue weighted by molar-refractivity contribution is 7.98. The van der Waals surface area contributed by atoms with E-state index in [4.69, 9.17) is 0 Å². The minimum Gasteiger partial charge on any atom is -0.356 e. The van der Waals surface area contributed by atoms with Gasteiger partial charge in [0.25, 0.3) is 0 Å². The van der Waals surface area contributed by atoms with Crippen LogP contribution in [0.25, 0.3) is 0 Å². The van der Waals surface area contributed by atoms with Crippen molar-refractivity contribution < 1.29 is 4.39 Å². The van der Waals surface area contributed by atoms with Crippen LogP contribution >= 0.6 is 11.8 Å². The van der Waals surface area contributed by atoms with Crippen molar-refractivity contribution in [3.05, 3.63) is 35.6 Å². The molecule has 0 amide bonds. The van der Waals surface area contributed by atoms with Crippen LogP contribution < -0.4 is 10.6 Å². The third-order valence-corrected chi connectivity index (χ3v) is 3.74. The van der Waals surface area contributed by atoms with Gasteiger partial charge in [-0.2, -0.15) is 11.8 Å². The third kappa shape index (κ3) is 5.41. The zero-order valence-corrected chi connectivity index (χ0v) is 13.5. The molecule has 0 aliphatic heterocycles. The van der Waals surface area contributed by atoms with E-state index < -0.39 is 0 Å². The van der Waals surface area contributed by atoms with Crippen molar-refractivity contribution >= 4 is 17.7 Å². The molecule has 3 nitrogen and oxygen atoms in total. The molecule has 0 saturated carbocycles. The zero-order chi connectivity index (χ0) is 15.0. The minimum absolute atomic E-state index is 0.167. The Hall–Kier alpha value is -1.23. The van der Waals surface area contributed by atoms with Gasteiger partial charge in [0.15, 0.2) is 5.96 Å². The molecule has 0 heterocycles. The number of rotatable bonds is 6. The molecule has 0 aliphatic carbocycles. The van der Waals surface area contributed by atoms with Gasteiger partial charge < -0.3 is 10.6 Å². The molecule has 1 aromatic carbocycles. The Bertz CT molecular complexity index is 446. The van der Waals surface area contributed by atoms with Crippen molar-refractivity contribution in [2.45, 2.75) is 19.3 Å². The maximum Gasteiger partial charge on any atom is 0.191 e. The van der Waals surface area contributed by atoms with Gasteiger partial charge in [-0.3, -0.25) is 4.99 Å². The first kappa shape index (κ1) is 16.8. The lowest BCUT2D eigenvalue weighted by Gasteiger charge is -2.26. The van der Waals surface area contributed by atoms with E-state index >= 15 is 0 Å². The molecule has 0 saturated heterocycles. The summed E-state index contributed by atoms with van der Waals surface area (Å²) in [5.74, 6) is 1.62. The largest absolute Gasteiger partial charge is 0.356 e. The SMILES string of the molecule is CN=C(NCCSC)NCC(C)(C)c1cccc(F)c1. The zero-order valence-electron chi connectivity index (χ0n) is 12.7. The van der Waals surface area contributed by atoms with Crippen LogP contribution in [0.5, 0.6) is 0 Å². The molecule has 0 aliphatic rings. The van der Waals surface area contributed by atoms with Crippen molar-refractivity contribution in [1.82, 2.24) is 10.6 Å². The lowest BCUT2D eigenvalue weighted by Crippen LogP contribution is -2.44. The van der Waals surface area contributed by atoms with E-state index in [1.807, 2.05) is 6.07 Å². The van der Waals surface area contributed by atoms with Crippen LogP contribution in [0, 0.1) is 5.82 Å². The van der Waals surface area contributed by atoms with Gasteiger partial charge in [-0.05, 0) is 24.0 Å². The van der Waals surface area contributed by atoms with Crippen LogP contribution in [0.1, 0.15) is 19.4 Å². The summed E-state index contributed by atoms with van der Waals surface area (Å²) in [6, 6.07) is 6.76. The van der Waals surface area contributed by atoms with Gasteiger partial charge in [0.2, 0.25) is 0 Å². The van der Waals surface area contributed by atoms with Gasteiger partial charge in [-0.15, -0.1) is 0 Å². The van der Waals surface area contributed by atoms with E-state index in [1.54, 1.807) is 30.9 Å². The fraction of sp³-hybridized carbons (Fsp3) is 0.533. The smallest absolute Gasteiger partial charge is 0.191 e. The standard InChI is InChI=1S/C15H24FN3S/c1-15(2,12-6-5-7-13(16)10-12)11-19-14(17-3)18-8-9-20-4/h5-7,10H,8-9,11H2,1-4H3,(H2,17,18,19). The topological polar surface area (TPSA) is 36.4 Å². The van der Waals surface area contributed by atoms with Gasteiger partial charge >= 0.3 is 0 Å². The van der Waals surface area contributed by atoms with E-state index in [0.717, 1.165) is 23.8 Å². The summed E-state index contributed by atoms with van der Waals surface area (Å²) in [6.45, 7) is 5.74. The highest BCUT2D eigenvalue weighted by Crippen LogP contribution is 2.22. The Morgan fingerprint density at radius 3 is 2.70 bits per heavy atom. The fourth-order valence-corrected chi connectivity index (χ4v) is 2.11. The molecular formula is C15H24FN3S. The first-order valence-corrected chi connectivity index (χ1v) is 8.08. The highest BCUT2D eigenvalue weighted by Gasteiger charge is 2.21. The van der Waals surface area contributed by atoms with Crippen molar-refractivity contribution in [2.75, 3.05) is 32.1 Å². The maximum atomic E-state index is 13.3. The summed E-state index contributed by atoms with van der Waals surface area (Å²) < 4.78 is 13.3. The average Bonchev–Trinajstić information content (AvgIpc) is 2.42. The molecule has 5 heteroatoms. The van der Waals surface area contributed by atoms with Crippen molar-refractivity contribution in [2.24, 2.45) is 4.99 Å². The first-order chi connectivity index (χ1) is 9.49. The Morgan fingerprint density at radius 2 is 2.10 bits per heavy atom. The lowest BCUT2D eigenvalue weighted by atomic mass is 9.84. The maximum absolute atomic E-state index is 13.3. The van der Waals surface area contributed by atoms with Crippen LogP contribution in [0.4, 0.5) is 4.39 Å². The van der Waals surface area contributed by atoms with E-state index in [-0.39, 0.29) is 11.2 Å². The quantitative estimate of drug-likeness (QED) is 0.481. The monoisotopic (exact) mass is 297 g/mol. The second-order valence-corrected chi connectivity index (χ2v) is 6.23. The number of halogens is 1. The predicted octanol–water partition coefficient (Wildman–Crippen LogP) is 2.63. The molecule has 0 unspecified atom stereocenters. The molecule has 0 bridgehead atoms. The number of guanidine groups is 1. The molecule has 1 aromatic rings. The number of hydrogen-bond donors (Lipinski definition) is 2. The van der Waals surface area contributed by atoms with Gasteiger partial charge in [0.1, 0.15) is 5.82 Å². The molecule has 0 aromatic heterocycles. The molecule has 0 radical (unpaired) electrons. The Kier molecular flexibility index (Phi) is 6.85. The summed E-state index contributed by atoms with van der Waals surface area (Å²) in [5.41, 5.74) is 0.809. The number of thioether (sulfide) groups is 1. The van der Waals surface area contributed by atoms with E-state index in [2.05, 4.69) is 35.7 Å². The molecule has 112 valence electrons. The van der Waals surface area contributed by atoms with E-state index in [1.165, 1.54) is 6.07 Å². The van der Waals surface area contributed by atoms with Crippen molar-refractivity contribution in [3.63, 3.8) is 0 Å². The molecule has 0 atom stereocenters. The Labute approximate surface area is 125 Å². The normalized spacial score (nSPS) is 12.3. The summed E-state index contributed by atoms with van der Waals surface area (Å²) in [4.78, 5) is 4.19. The first-order valence-electron chi connectivity index (χ1n) is 6.69. The minimum atomic E-state index is -0.196. The second kappa shape index (κ2) is 8.15. The summed E-state index contributed by atoms with van der Waals surface area (Å²) in [7, 11) is 1.75. The summed E-state index contributed by atoms with van der Waals surface area (Å²) >= 11 is 1.79. The predicted molar refractivity (Wildman–Crippen MR) is 87.2 cm³/mol. The fourth-order valence-electron chi connectivity index (χ4n) is 1.81. The molecule has 0 fully saturated rings. The van der Waals surface area contributed by atoms with Crippen LogP contribution in [0.2, 0.25) is 0 Å². The second-order valence-electron chi connectivity index (χ2n) is 5.24. The van der Waals surface area contributed by atoms with Crippen molar-refractivity contribution in [3.8, 4) is 0 Å². The number of hydrogen-bond acceptors (Lipinski definition) is 2. The van der Waals surface area contributed by atoms with Gasteiger partial charge in [0.05, 0.1) is 0 Å². The van der Waals surface area contributed by atoms with E-state index in [9.17, 15) is 4.39 Å². The van der Waals surface area contributed by atoms with Crippen LogP contribution in [0.3, 0.4) is 0 Å². The number of benzene rings is 1.